The largest absolute Gasteiger partial charge is 0.491 e. The fourth-order valence-corrected chi connectivity index (χ4v) is 3.15. The van der Waals surface area contributed by atoms with Gasteiger partial charge >= 0.3 is 0 Å². The number of ether oxygens (including phenoxy) is 1. The number of fused-ring (bicyclic) bond motifs is 1. The second-order valence-corrected chi connectivity index (χ2v) is 6.86. The standard InChI is InChI=1S/C17H27N5O2/c1-10(2)22-15-14(9-18-22)16(23)21-17(20-15)19-12-5-7-13(8-6-12)24-11(3)4/h5-8,10-11,14-15,17-20H,9H2,1-4H3,(H,21,23). The molecule has 2 aliphatic rings. The van der Waals surface area contributed by atoms with Crippen LogP contribution in [0.3, 0.4) is 0 Å². The Hall–Kier alpha value is -1.83. The summed E-state index contributed by atoms with van der Waals surface area (Å²) in [4.78, 5) is 12.3. The van der Waals surface area contributed by atoms with Gasteiger partial charge < -0.3 is 15.4 Å². The average Bonchev–Trinajstić information content (AvgIpc) is 2.93. The van der Waals surface area contributed by atoms with E-state index in [1.54, 1.807) is 0 Å². The summed E-state index contributed by atoms with van der Waals surface area (Å²) in [5.74, 6) is 0.821. The highest BCUT2D eigenvalue weighted by Crippen LogP contribution is 2.22. The molecule has 7 nitrogen and oxygen atoms in total. The Labute approximate surface area is 143 Å². The van der Waals surface area contributed by atoms with E-state index in [1.807, 2.05) is 38.1 Å². The minimum absolute atomic E-state index is 0.0141. The molecule has 2 heterocycles. The van der Waals surface area contributed by atoms with Crippen molar-refractivity contribution in [2.45, 2.75) is 52.3 Å². The molecule has 132 valence electrons. The van der Waals surface area contributed by atoms with Crippen molar-refractivity contribution in [3.8, 4) is 5.75 Å². The van der Waals surface area contributed by atoms with Gasteiger partial charge in [-0.3, -0.25) is 15.5 Å². The zero-order chi connectivity index (χ0) is 17.3. The normalized spacial score (nSPS) is 27.2. The molecule has 2 fully saturated rings. The van der Waals surface area contributed by atoms with E-state index in [2.05, 4.69) is 40.2 Å². The highest BCUT2D eigenvalue weighted by molar-refractivity contribution is 5.81. The van der Waals surface area contributed by atoms with Gasteiger partial charge in [-0.2, -0.15) is 0 Å². The van der Waals surface area contributed by atoms with Crippen molar-refractivity contribution in [3.63, 3.8) is 0 Å². The third-order valence-corrected chi connectivity index (χ3v) is 4.23. The Morgan fingerprint density at radius 3 is 2.54 bits per heavy atom. The van der Waals surface area contributed by atoms with Crippen molar-refractivity contribution in [2.75, 3.05) is 11.9 Å². The van der Waals surface area contributed by atoms with E-state index in [9.17, 15) is 4.79 Å². The maximum Gasteiger partial charge on any atom is 0.230 e. The molecule has 1 aromatic carbocycles. The van der Waals surface area contributed by atoms with Crippen LogP contribution in [0.4, 0.5) is 5.69 Å². The van der Waals surface area contributed by atoms with Gasteiger partial charge in [-0.1, -0.05) is 0 Å². The van der Waals surface area contributed by atoms with Gasteiger partial charge in [0.1, 0.15) is 5.75 Å². The first-order chi connectivity index (χ1) is 11.4. The lowest BCUT2D eigenvalue weighted by Gasteiger charge is -2.38. The molecule has 3 rings (SSSR count). The van der Waals surface area contributed by atoms with Crippen molar-refractivity contribution >= 4 is 11.6 Å². The number of rotatable bonds is 5. The second-order valence-electron chi connectivity index (χ2n) is 6.86. The van der Waals surface area contributed by atoms with Crippen LogP contribution in [0.5, 0.6) is 5.75 Å². The summed E-state index contributed by atoms with van der Waals surface area (Å²) in [6.07, 6.45) is -0.173. The number of benzene rings is 1. The molecule has 24 heavy (non-hydrogen) atoms. The van der Waals surface area contributed by atoms with Gasteiger partial charge in [0.05, 0.1) is 18.2 Å². The summed E-state index contributed by atoms with van der Waals surface area (Å²) in [5.41, 5.74) is 4.22. The lowest BCUT2D eigenvalue weighted by Crippen LogP contribution is -2.67. The highest BCUT2D eigenvalue weighted by atomic mass is 16.5. The number of hydrazine groups is 1. The number of amides is 1. The Bertz CT molecular complexity index is 575. The molecule has 7 heteroatoms. The quantitative estimate of drug-likeness (QED) is 0.645. The SMILES string of the molecule is CC(C)Oc1ccc(NC2NC(=O)C3CNN(C(C)C)C3N2)cc1. The molecule has 1 aromatic rings. The molecule has 0 bridgehead atoms. The molecule has 3 atom stereocenters. The van der Waals surface area contributed by atoms with Crippen LogP contribution in [0.2, 0.25) is 0 Å². The van der Waals surface area contributed by atoms with E-state index >= 15 is 0 Å². The maximum atomic E-state index is 12.3. The van der Waals surface area contributed by atoms with E-state index in [1.165, 1.54) is 0 Å². The molecular formula is C17H27N5O2. The predicted octanol–water partition coefficient (Wildman–Crippen LogP) is 1.06. The van der Waals surface area contributed by atoms with Crippen LogP contribution in [0.15, 0.2) is 24.3 Å². The van der Waals surface area contributed by atoms with Crippen molar-refractivity contribution < 1.29 is 9.53 Å². The number of anilines is 1. The first kappa shape index (κ1) is 17.0. The Kier molecular flexibility index (Phi) is 4.93. The number of carbonyl (C=O) groups excluding carboxylic acids is 1. The third kappa shape index (κ3) is 3.63. The zero-order valence-corrected chi connectivity index (χ0v) is 14.7. The van der Waals surface area contributed by atoms with Crippen LogP contribution in [-0.2, 0) is 4.79 Å². The van der Waals surface area contributed by atoms with Gasteiger partial charge in [-0.05, 0) is 52.0 Å². The molecule has 2 saturated heterocycles. The molecule has 0 aromatic heterocycles. The van der Waals surface area contributed by atoms with E-state index in [0.29, 0.717) is 12.6 Å². The predicted molar refractivity (Wildman–Crippen MR) is 93.2 cm³/mol. The first-order valence-corrected chi connectivity index (χ1v) is 8.55. The van der Waals surface area contributed by atoms with Gasteiger partial charge in [-0.25, -0.2) is 5.01 Å². The van der Waals surface area contributed by atoms with Crippen molar-refractivity contribution in [2.24, 2.45) is 5.92 Å². The number of hydrogen-bond acceptors (Lipinski definition) is 6. The number of carbonyl (C=O) groups is 1. The summed E-state index contributed by atoms with van der Waals surface area (Å²) >= 11 is 0. The van der Waals surface area contributed by atoms with Gasteiger partial charge in [0.25, 0.3) is 0 Å². The van der Waals surface area contributed by atoms with Gasteiger partial charge in [0.15, 0.2) is 6.29 Å². The lowest BCUT2D eigenvalue weighted by atomic mass is 10.0. The number of nitrogens with zero attached hydrogens (tertiary/aromatic N) is 1. The summed E-state index contributed by atoms with van der Waals surface area (Å²) in [6.45, 7) is 8.88. The summed E-state index contributed by atoms with van der Waals surface area (Å²) in [7, 11) is 0. The molecule has 3 unspecified atom stereocenters. The minimum Gasteiger partial charge on any atom is -0.491 e. The van der Waals surface area contributed by atoms with Crippen LogP contribution in [-0.4, -0.2) is 42.1 Å². The van der Waals surface area contributed by atoms with Crippen LogP contribution in [0.1, 0.15) is 27.7 Å². The summed E-state index contributed by atoms with van der Waals surface area (Å²) < 4.78 is 5.65. The summed E-state index contributed by atoms with van der Waals surface area (Å²) in [5, 5.41) is 11.9. The van der Waals surface area contributed by atoms with Crippen LogP contribution >= 0.6 is 0 Å². The third-order valence-electron chi connectivity index (χ3n) is 4.23. The topological polar surface area (TPSA) is 77.7 Å². The van der Waals surface area contributed by atoms with Crippen LogP contribution in [0, 0.1) is 5.92 Å². The number of hydrogen-bond donors (Lipinski definition) is 4. The van der Waals surface area contributed by atoms with Crippen molar-refractivity contribution in [1.29, 1.82) is 0 Å². The van der Waals surface area contributed by atoms with Crippen molar-refractivity contribution in [1.82, 2.24) is 21.1 Å². The smallest absolute Gasteiger partial charge is 0.230 e. The zero-order valence-electron chi connectivity index (χ0n) is 14.7. The van der Waals surface area contributed by atoms with Crippen LogP contribution in [0.25, 0.3) is 0 Å². The van der Waals surface area contributed by atoms with E-state index in [-0.39, 0.29) is 30.4 Å². The fourth-order valence-electron chi connectivity index (χ4n) is 3.15. The molecule has 2 aliphatic heterocycles. The Morgan fingerprint density at radius 1 is 1.21 bits per heavy atom. The Morgan fingerprint density at radius 2 is 1.92 bits per heavy atom. The number of nitrogens with one attached hydrogen (secondary N) is 4. The van der Waals surface area contributed by atoms with E-state index in [0.717, 1.165) is 11.4 Å². The molecule has 0 radical (unpaired) electrons. The minimum atomic E-state index is -0.309. The van der Waals surface area contributed by atoms with Gasteiger partial charge in [0, 0.05) is 18.3 Å². The summed E-state index contributed by atoms with van der Waals surface area (Å²) in [6, 6.07) is 8.06. The van der Waals surface area contributed by atoms with E-state index in [4.69, 9.17) is 4.74 Å². The fraction of sp³-hybridized carbons (Fsp3) is 0.588. The highest BCUT2D eigenvalue weighted by Gasteiger charge is 2.44. The second kappa shape index (κ2) is 6.96. The molecule has 0 spiro atoms. The molecule has 0 saturated carbocycles. The maximum absolute atomic E-state index is 12.3. The van der Waals surface area contributed by atoms with Gasteiger partial charge in [0.2, 0.25) is 5.91 Å². The first-order valence-electron chi connectivity index (χ1n) is 8.55. The molecule has 4 N–H and O–H groups in total. The molecule has 0 aliphatic carbocycles. The Balaban J connectivity index is 1.64. The van der Waals surface area contributed by atoms with Crippen LogP contribution < -0.4 is 26.1 Å². The van der Waals surface area contributed by atoms with Gasteiger partial charge in [-0.15, -0.1) is 0 Å². The lowest BCUT2D eigenvalue weighted by molar-refractivity contribution is -0.129. The average molecular weight is 333 g/mol. The van der Waals surface area contributed by atoms with Crippen molar-refractivity contribution in [3.05, 3.63) is 24.3 Å². The molecular weight excluding hydrogens is 306 g/mol. The monoisotopic (exact) mass is 333 g/mol. The van der Waals surface area contributed by atoms with E-state index < -0.39 is 0 Å². The molecule has 1 amide bonds.